The van der Waals surface area contributed by atoms with Crippen molar-refractivity contribution in [2.75, 3.05) is 13.7 Å². The van der Waals surface area contributed by atoms with Crippen molar-refractivity contribution in [2.24, 2.45) is 0 Å². The molecule has 0 spiro atoms. The zero-order valence-corrected chi connectivity index (χ0v) is 14.1. The predicted octanol–water partition coefficient (Wildman–Crippen LogP) is 2.25. The number of rotatable bonds is 6. The third kappa shape index (κ3) is 5.46. The van der Waals surface area contributed by atoms with Gasteiger partial charge in [0.05, 0.1) is 18.2 Å². The number of ether oxygens (including phenoxy) is 2. The number of carbonyl (C=O) groups excluding carboxylic acids is 3. The van der Waals surface area contributed by atoms with Crippen molar-refractivity contribution in [3.8, 4) is 0 Å². The third-order valence-corrected chi connectivity index (χ3v) is 3.46. The molecular weight excluding hydrogens is 322 g/mol. The van der Waals surface area contributed by atoms with Gasteiger partial charge in [-0.05, 0) is 30.7 Å². The standard InChI is InChI=1S/C19H19NO5/c1-13-6-8-14(9-7-13)11-20-17(21)12-25-19(23)16-5-3-4-15(10-16)18(22)24-2/h3-10H,11-12H2,1-2H3,(H,20,21). The molecule has 0 aromatic heterocycles. The molecule has 0 radical (unpaired) electrons. The maximum atomic E-state index is 12.0. The van der Waals surface area contributed by atoms with Gasteiger partial charge in [-0.25, -0.2) is 9.59 Å². The molecule has 0 unspecified atom stereocenters. The average molecular weight is 341 g/mol. The highest BCUT2D eigenvalue weighted by Gasteiger charge is 2.13. The van der Waals surface area contributed by atoms with Crippen LogP contribution in [0.4, 0.5) is 0 Å². The number of esters is 2. The number of hydrogen-bond acceptors (Lipinski definition) is 5. The van der Waals surface area contributed by atoms with Gasteiger partial charge in [0.1, 0.15) is 0 Å². The Morgan fingerprint density at radius 3 is 2.24 bits per heavy atom. The highest BCUT2D eigenvalue weighted by molar-refractivity contribution is 5.95. The molecule has 130 valence electrons. The van der Waals surface area contributed by atoms with E-state index in [1.54, 1.807) is 6.07 Å². The summed E-state index contributed by atoms with van der Waals surface area (Å²) < 4.78 is 9.56. The maximum Gasteiger partial charge on any atom is 0.338 e. The second-order valence-electron chi connectivity index (χ2n) is 5.41. The summed E-state index contributed by atoms with van der Waals surface area (Å²) >= 11 is 0. The molecule has 0 fully saturated rings. The van der Waals surface area contributed by atoms with Crippen LogP contribution in [0.15, 0.2) is 48.5 Å². The summed E-state index contributed by atoms with van der Waals surface area (Å²) in [6.45, 7) is 1.94. The summed E-state index contributed by atoms with van der Waals surface area (Å²) in [5.74, 6) is -1.64. The number of methoxy groups -OCH3 is 1. The van der Waals surface area contributed by atoms with Gasteiger partial charge in [0, 0.05) is 6.54 Å². The van der Waals surface area contributed by atoms with Crippen LogP contribution in [-0.2, 0) is 20.8 Å². The number of benzene rings is 2. The van der Waals surface area contributed by atoms with Crippen molar-refractivity contribution in [1.29, 1.82) is 0 Å². The van der Waals surface area contributed by atoms with Gasteiger partial charge in [-0.15, -0.1) is 0 Å². The van der Waals surface area contributed by atoms with E-state index in [1.165, 1.54) is 25.3 Å². The fourth-order valence-electron chi connectivity index (χ4n) is 2.06. The first kappa shape index (κ1) is 18.2. The van der Waals surface area contributed by atoms with Crippen LogP contribution >= 0.6 is 0 Å². The first-order valence-electron chi connectivity index (χ1n) is 7.67. The van der Waals surface area contributed by atoms with E-state index < -0.39 is 24.5 Å². The molecule has 2 rings (SSSR count). The molecule has 0 bridgehead atoms. The van der Waals surface area contributed by atoms with E-state index in [-0.39, 0.29) is 11.1 Å². The van der Waals surface area contributed by atoms with Crippen LogP contribution < -0.4 is 5.32 Å². The fourth-order valence-corrected chi connectivity index (χ4v) is 2.06. The second-order valence-corrected chi connectivity index (χ2v) is 5.41. The Balaban J connectivity index is 1.83. The minimum atomic E-state index is -0.684. The normalized spacial score (nSPS) is 10.0. The van der Waals surface area contributed by atoms with Crippen molar-refractivity contribution in [1.82, 2.24) is 5.32 Å². The summed E-state index contributed by atoms with van der Waals surface area (Å²) in [5.41, 5.74) is 2.50. The lowest BCUT2D eigenvalue weighted by Crippen LogP contribution is -2.28. The Labute approximate surface area is 145 Å². The zero-order chi connectivity index (χ0) is 18.2. The molecule has 0 saturated heterocycles. The molecule has 1 amide bonds. The van der Waals surface area contributed by atoms with Crippen molar-refractivity contribution in [3.05, 3.63) is 70.8 Å². The SMILES string of the molecule is COC(=O)c1cccc(C(=O)OCC(=O)NCc2ccc(C)cc2)c1. The summed E-state index contributed by atoms with van der Waals surface area (Å²) in [6.07, 6.45) is 0. The molecule has 0 saturated carbocycles. The Hall–Kier alpha value is -3.15. The minimum absolute atomic E-state index is 0.175. The summed E-state index contributed by atoms with van der Waals surface area (Å²) in [4.78, 5) is 35.2. The Kier molecular flexibility index (Phi) is 6.28. The number of aryl methyl sites for hydroxylation is 1. The molecule has 0 heterocycles. The van der Waals surface area contributed by atoms with Crippen LogP contribution in [0.2, 0.25) is 0 Å². The summed E-state index contributed by atoms with van der Waals surface area (Å²) in [7, 11) is 1.26. The molecule has 0 aliphatic heterocycles. The maximum absolute atomic E-state index is 12.0. The second kappa shape index (κ2) is 8.63. The molecule has 2 aromatic carbocycles. The highest BCUT2D eigenvalue weighted by Crippen LogP contribution is 2.08. The predicted molar refractivity (Wildman–Crippen MR) is 91.1 cm³/mol. The largest absolute Gasteiger partial charge is 0.465 e. The number of carbonyl (C=O) groups is 3. The number of hydrogen-bond donors (Lipinski definition) is 1. The molecule has 6 heteroatoms. The van der Waals surface area contributed by atoms with Crippen LogP contribution in [0, 0.1) is 6.92 Å². The summed E-state index contributed by atoms with van der Waals surface area (Å²) in [5, 5.41) is 2.67. The lowest BCUT2D eigenvalue weighted by molar-refractivity contribution is -0.124. The number of amides is 1. The molecule has 0 aliphatic rings. The fraction of sp³-hybridized carbons (Fsp3) is 0.211. The van der Waals surface area contributed by atoms with E-state index in [9.17, 15) is 14.4 Å². The topological polar surface area (TPSA) is 81.7 Å². The Bertz CT molecular complexity index is 768. The van der Waals surface area contributed by atoms with Crippen molar-refractivity contribution in [3.63, 3.8) is 0 Å². The smallest absolute Gasteiger partial charge is 0.338 e. The lowest BCUT2D eigenvalue weighted by Gasteiger charge is -2.07. The van der Waals surface area contributed by atoms with E-state index in [0.29, 0.717) is 6.54 Å². The van der Waals surface area contributed by atoms with E-state index in [0.717, 1.165) is 11.1 Å². The molecule has 6 nitrogen and oxygen atoms in total. The number of nitrogens with one attached hydrogen (secondary N) is 1. The minimum Gasteiger partial charge on any atom is -0.465 e. The summed E-state index contributed by atoms with van der Waals surface area (Å²) in [6, 6.07) is 13.7. The van der Waals surface area contributed by atoms with E-state index in [2.05, 4.69) is 10.1 Å². The molecule has 0 aliphatic carbocycles. The quantitative estimate of drug-likeness (QED) is 0.815. The Morgan fingerprint density at radius 2 is 1.60 bits per heavy atom. The van der Waals surface area contributed by atoms with Gasteiger partial charge in [-0.2, -0.15) is 0 Å². The molecule has 0 atom stereocenters. The van der Waals surface area contributed by atoms with Gasteiger partial charge >= 0.3 is 11.9 Å². The van der Waals surface area contributed by atoms with Gasteiger partial charge in [0.2, 0.25) is 0 Å². The van der Waals surface area contributed by atoms with Gasteiger partial charge in [0.15, 0.2) is 6.61 Å². The Morgan fingerprint density at radius 1 is 0.960 bits per heavy atom. The van der Waals surface area contributed by atoms with Crippen molar-refractivity contribution < 1.29 is 23.9 Å². The van der Waals surface area contributed by atoms with Crippen molar-refractivity contribution >= 4 is 17.8 Å². The lowest BCUT2D eigenvalue weighted by atomic mass is 10.1. The molecular formula is C19H19NO5. The van der Waals surface area contributed by atoms with Crippen LogP contribution in [0.1, 0.15) is 31.8 Å². The monoisotopic (exact) mass is 341 g/mol. The molecule has 2 aromatic rings. The molecule has 1 N–H and O–H groups in total. The van der Waals surface area contributed by atoms with Crippen LogP contribution in [0.5, 0.6) is 0 Å². The van der Waals surface area contributed by atoms with Crippen LogP contribution in [0.3, 0.4) is 0 Å². The van der Waals surface area contributed by atoms with E-state index in [4.69, 9.17) is 4.74 Å². The van der Waals surface area contributed by atoms with E-state index in [1.807, 2.05) is 31.2 Å². The van der Waals surface area contributed by atoms with E-state index >= 15 is 0 Å². The van der Waals surface area contributed by atoms with Gasteiger partial charge in [-0.1, -0.05) is 35.9 Å². The van der Waals surface area contributed by atoms with Gasteiger partial charge in [-0.3, -0.25) is 4.79 Å². The average Bonchev–Trinajstić information content (AvgIpc) is 2.65. The van der Waals surface area contributed by atoms with Crippen LogP contribution in [0.25, 0.3) is 0 Å². The first-order valence-corrected chi connectivity index (χ1v) is 7.67. The first-order chi connectivity index (χ1) is 12.0. The van der Waals surface area contributed by atoms with Gasteiger partial charge < -0.3 is 14.8 Å². The third-order valence-electron chi connectivity index (χ3n) is 3.46. The molecule has 25 heavy (non-hydrogen) atoms. The van der Waals surface area contributed by atoms with Gasteiger partial charge in [0.25, 0.3) is 5.91 Å². The van der Waals surface area contributed by atoms with Crippen molar-refractivity contribution in [2.45, 2.75) is 13.5 Å². The zero-order valence-electron chi connectivity index (χ0n) is 14.1. The highest BCUT2D eigenvalue weighted by atomic mass is 16.5. The van der Waals surface area contributed by atoms with Crippen LogP contribution in [-0.4, -0.2) is 31.6 Å².